The molecular formula is C21H21N5O3. The number of nitrogens with one attached hydrogen (secondary N) is 3. The van der Waals surface area contributed by atoms with Crippen molar-refractivity contribution in [3.8, 4) is 0 Å². The zero-order chi connectivity index (χ0) is 20.5. The Hall–Kier alpha value is -3.94. The summed E-state index contributed by atoms with van der Waals surface area (Å²) in [5, 5.41) is 8.13. The van der Waals surface area contributed by atoms with E-state index >= 15 is 0 Å². The Labute approximate surface area is 167 Å². The Kier molecular flexibility index (Phi) is 6.72. The zero-order valence-corrected chi connectivity index (χ0v) is 15.7. The maximum atomic E-state index is 12.1. The van der Waals surface area contributed by atoms with Gasteiger partial charge in [0, 0.05) is 36.7 Å². The molecule has 0 aliphatic carbocycles. The first kappa shape index (κ1) is 19.8. The van der Waals surface area contributed by atoms with Crippen molar-refractivity contribution >= 4 is 23.3 Å². The number of benzene rings is 2. The highest BCUT2D eigenvalue weighted by atomic mass is 16.2. The number of hydrogen-bond donors (Lipinski definition) is 3. The van der Waals surface area contributed by atoms with Gasteiger partial charge in [-0.05, 0) is 35.9 Å². The third-order valence-corrected chi connectivity index (χ3v) is 4.02. The molecule has 8 nitrogen and oxygen atoms in total. The summed E-state index contributed by atoms with van der Waals surface area (Å²) in [5.41, 5.74) is 1.81. The molecule has 3 amide bonds. The predicted molar refractivity (Wildman–Crippen MR) is 111 cm³/mol. The van der Waals surface area contributed by atoms with Crippen LogP contribution >= 0.6 is 0 Å². The lowest BCUT2D eigenvalue weighted by Crippen LogP contribution is -2.31. The largest absolute Gasteiger partial charge is 0.347 e. The topological polar surface area (TPSA) is 105 Å². The fraction of sp³-hybridized carbons (Fsp3) is 0.143. The van der Waals surface area contributed by atoms with Gasteiger partial charge in [0.25, 0.3) is 0 Å². The Bertz CT molecular complexity index is 1030. The summed E-state index contributed by atoms with van der Waals surface area (Å²) < 4.78 is 1.48. The van der Waals surface area contributed by atoms with Crippen molar-refractivity contribution in [2.45, 2.75) is 13.0 Å². The summed E-state index contributed by atoms with van der Waals surface area (Å²) in [5.74, 6) is -0.180. The Balaban J connectivity index is 1.46. The predicted octanol–water partition coefficient (Wildman–Crippen LogP) is 2.44. The molecule has 0 unspecified atom stereocenters. The second kappa shape index (κ2) is 9.84. The molecule has 0 bridgehead atoms. The van der Waals surface area contributed by atoms with E-state index in [0.29, 0.717) is 17.9 Å². The Morgan fingerprint density at radius 1 is 0.931 bits per heavy atom. The highest BCUT2D eigenvalue weighted by Crippen LogP contribution is 2.11. The smallest absolute Gasteiger partial charge is 0.337 e. The van der Waals surface area contributed by atoms with Crippen LogP contribution in [0.3, 0.4) is 0 Å². The first-order chi connectivity index (χ1) is 14.1. The third kappa shape index (κ3) is 6.31. The zero-order valence-electron chi connectivity index (χ0n) is 15.7. The summed E-state index contributed by atoms with van der Waals surface area (Å²) >= 11 is 0. The van der Waals surface area contributed by atoms with Crippen LogP contribution in [0.2, 0.25) is 0 Å². The van der Waals surface area contributed by atoms with E-state index in [1.165, 1.54) is 10.8 Å². The third-order valence-electron chi connectivity index (χ3n) is 4.02. The fourth-order valence-corrected chi connectivity index (χ4v) is 2.66. The number of carbonyl (C=O) groups excluding carboxylic acids is 2. The van der Waals surface area contributed by atoms with Gasteiger partial charge in [-0.1, -0.05) is 30.3 Å². The normalized spacial score (nSPS) is 10.2. The highest BCUT2D eigenvalue weighted by Gasteiger charge is 2.06. The number of amides is 3. The second-order valence-corrected chi connectivity index (χ2v) is 6.28. The molecule has 3 rings (SSSR count). The number of carbonyl (C=O) groups is 2. The molecule has 0 aliphatic rings. The standard InChI is InChI=1S/C21H21N5O3/c27-19(24-17-7-2-1-3-8-17)10-12-22-20(28)25-18-9-4-6-16(14-18)15-26-13-5-11-23-21(26)29/h1-9,11,13-14H,10,12,15H2,(H,24,27)(H2,22,25,28). The number of aromatic nitrogens is 2. The maximum Gasteiger partial charge on any atom is 0.347 e. The number of para-hydroxylation sites is 1. The first-order valence-corrected chi connectivity index (χ1v) is 9.10. The van der Waals surface area contributed by atoms with Crippen molar-refractivity contribution in [3.05, 3.63) is 89.1 Å². The number of nitrogens with zero attached hydrogens (tertiary/aromatic N) is 2. The maximum absolute atomic E-state index is 12.1. The summed E-state index contributed by atoms with van der Waals surface area (Å²) in [6.07, 6.45) is 3.26. The summed E-state index contributed by atoms with van der Waals surface area (Å²) in [6.45, 7) is 0.554. The van der Waals surface area contributed by atoms with Crippen LogP contribution in [0.25, 0.3) is 0 Å². The molecule has 0 atom stereocenters. The van der Waals surface area contributed by atoms with Crippen LogP contribution in [0.15, 0.2) is 77.9 Å². The van der Waals surface area contributed by atoms with Gasteiger partial charge in [-0.2, -0.15) is 0 Å². The lowest BCUT2D eigenvalue weighted by atomic mass is 10.2. The molecule has 0 saturated heterocycles. The molecule has 3 N–H and O–H groups in total. The van der Waals surface area contributed by atoms with Gasteiger partial charge in [0.2, 0.25) is 5.91 Å². The lowest BCUT2D eigenvalue weighted by Gasteiger charge is -2.10. The van der Waals surface area contributed by atoms with E-state index in [2.05, 4.69) is 20.9 Å². The van der Waals surface area contributed by atoms with Gasteiger partial charge in [-0.25, -0.2) is 14.6 Å². The molecule has 148 valence electrons. The molecule has 0 fully saturated rings. The van der Waals surface area contributed by atoms with Crippen LogP contribution < -0.4 is 21.6 Å². The van der Waals surface area contributed by atoms with Gasteiger partial charge in [0.1, 0.15) is 0 Å². The monoisotopic (exact) mass is 391 g/mol. The number of urea groups is 1. The van der Waals surface area contributed by atoms with Crippen molar-refractivity contribution in [2.75, 3.05) is 17.2 Å². The van der Waals surface area contributed by atoms with E-state index in [1.807, 2.05) is 24.3 Å². The summed E-state index contributed by atoms with van der Waals surface area (Å²) in [6, 6.07) is 17.6. The number of rotatable bonds is 7. The van der Waals surface area contributed by atoms with Crippen LogP contribution in [0.5, 0.6) is 0 Å². The minimum Gasteiger partial charge on any atom is -0.337 e. The highest BCUT2D eigenvalue weighted by molar-refractivity contribution is 5.92. The SMILES string of the molecule is O=C(CCNC(=O)Nc1cccc(Cn2cccnc2=O)c1)Nc1ccccc1. The van der Waals surface area contributed by atoms with Crippen LogP contribution in [-0.2, 0) is 11.3 Å². The van der Waals surface area contributed by atoms with Gasteiger partial charge < -0.3 is 16.0 Å². The second-order valence-electron chi connectivity index (χ2n) is 6.28. The average Bonchev–Trinajstić information content (AvgIpc) is 2.71. The molecule has 3 aromatic rings. The molecule has 1 heterocycles. The van der Waals surface area contributed by atoms with E-state index in [9.17, 15) is 14.4 Å². The van der Waals surface area contributed by atoms with Gasteiger partial charge >= 0.3 is 11.7 Å². The average molecular weight is 391 g/mol. The van der Waals surface area contributed by atoms with Crippen LogP contribution in [0.1, 0.15) is 12.0 Å². The van der Waals surface area contributed by atoms with E-state index in [1.54, 1.807) is 42.6 Å². The van der Waals surface area contributed by atoms with Crippen molar-refractivity contribution in [1.29, 1.82) is 0 Å². The van der Waals surface area contributed by atoms with Gasteiger partial charge in [-0.15, -0.1) is 0 Å². The number of hydrogen-bond acceptors (Lipinski definition) is 4. The van der Waals surface area contributed by atoms with E-state index in [4.69, 9.17) is 0 Å². The summed E-state index contributed by atoms with van der Waals surface area (Å²) in [4.78, 5) is 39.4. The number of anilines is 2. The quantitative estimate of drug-likeness (QED) is 0.575. The molecule has 0 saturated carbocycles. The van der Waals surface area contributed by atoms with Crippen LogP contribution in [0, 0.1) is 0 Å². The molecule has 29 heavy (non-hydrogen) atoms. The minimum atomic E-state index is -0.409. The lowest BCUT2D eigenvalue weighted by molar-refractivity contribution is -0.116. The Morgan fingerprint density at radius 3 is 2.52 bits per heavy atom. The van der Waals surface area contributed by atoms with E-state index in [0.717, 1.165) is 5.56 Å². The van der Waals surface area contributed by atoms with Gasteiger partial charge in [0.15, 0.2) is 0 Å². The molecule has 0 radical (unpaired) electrons. The van der Waals surface area contributed by atoms with Gasteiger partial charge in [-0.3, -0.25) is 9.36 Å². The molecule has 2 aromatic carbocycles. The van der Waals surface area contributed by atoms with Crippen molar-refractivity contribution in [2.24, 2.45) is 0 Å². The molecule has 0 aliphatic heterocycles. The molecule has 1 aromatic heterocycles. The summed E-state index contributed by atoms with van der Waals surface area (Å²) in [7, 11) is 0. The minimum absolute atomic E-state index is 0.159. The van der Waals surface area contributed by atoms with Crippen molar-refractivity contribution in [3.63, 3.8) is 0 Å². The first-order valence-electron chi connectivity index (χ1n) is 9.10. The molecule has 8 heteroatoms. The van der Waals surface area contributed by atoms with Crippen molar-refractivity contribution < 1.29 is 9.59 Å². The van der Waals surface area contributed by atoms with Crippen LogP contribution in [-0.4, -0.2) is 28.0 Å². The van der Waals surface area contributed by atoms with Crippen LogP contribution in [0.4, 0.5) is 16.2 Å². The Morgan fingerprint density at radius 2 is 1.72 bits per heavy atom. The van der Waals surface area contributed by atoms with E-state index < -0.39 is 6.03 Å². The molecular weight excluding hydrogens is 370 g/mol. The fourth-order valence-electron chi connectivity index (χ4n) is 2.66. The molecule has 0 spiro atoms. The van der Waals surface area contributed by atoms with E-state index in [-0.39, 0.29) is 24.6 Å². The van der Waals surface area contributed by atoms with Crippen molar-refractivity contribution in [1.82, 2.24) is 14.9 Å². The van der Waals surface area contributed by atoms with Gasteiger partial charge in [0.05, 0.1) is 6.54 Å².